The topological polar surface area (TPSA) is 108 Å². The minimum Gasteiger partial charge on any atom is -0.322 e. The molecular weight excluding hydrogens is 513 g/mol. The number of aromatic nitrogens is 4. The number of carbonyl (C=O) groups is 2. The lowest BCUT2D eigenvalue weighted by Crippen LogP contribution is -2.46. The average molecular weight is 537 g/mol. The molecule has 0 aliphatic carbocycles. The first-order chi connectivity index (χ1) is 18.5. The van der Waals surface area contributed by atoms with Gasteiger partial charge < -0.3 is 10.6 Å². The first-order valence-electron chi connectivity index (χ1n) is 11.8. The van der Waals surface area contributed by atoms with Crippen LogP contribution in [0, 0.1) is 6.92 Å². The fraction of sp³-hybridized carbons (Fsp3) is 0.192. The van der Waals surface area contributed by atoms with Crippen LogP contribution in [-0.4, -0.2) is 38.7 Å². The van der Waals surface area contributed by atoms with Crippen molar-refractivity contribution in [2.24, 2.45) is 7.05 Å². The van der Waals surface area contributed by atoms with Crippen LogP contribution in [0.5, 0.6) is 0 Å². The number of nitrogens with zero attached hydrogens (tertiary/aromatic N) is 6. The van der Waals surface area contributed by atoms with Crippen LogP contribution in [0.3, 0.4) is 0 Å². The van der Waals surface area contributed by atoms with Crippen molar-refractivity contribution in [3.05, 3.63) is 83.3 Å². The van der Waals surface area contributed by atoms with Crippen LogP contribution in [0.1, 0.15) is 27.0 Å². The van der Waals surface area contributed by atoms with E-state index in [-0.39, 0.29) is 18.1 Å². The largest absolute Gasteiger partial charge is 0.416 e. The highest BCUT2D eigenvalue weighted by molar-refractivity contribution is 6.07. The van der Waals surface area contributed by atoms with Crippen molar-refractivity contribution in [1.29, 1.82) is 0 Å². The summed E-state index contributed by atoms with van der Waals surface area (Å²) in [6, 6.07) is 8.78. The highest BCUT2D eigenvalue weighted by Crippen LogP contribution is 2.34. The Morgan fingerprint density at radius 2 is 1.85 bits per heavy atom. The molecule has 3 heterocycles. The third-order valence-corrected chi connectivity index (χ3v) is 6.18. The summed E-state index contributed by atoms with van der Waals surface area (Å²) in [5, 5.41) is 9.77. The minimum absolute atomic E-state index is 0.137. The number of urea groups is 1. The molecule has 4 aromatic rings. The number of carbonyl (C=O) groups excluding carboxylic acids is 2. The number of benzene rings is 2. The molecule has 0 bridgehead atoms. The van der Waals surface area contributed by atoms with Gasteiger partial charge in [0.25, 0.3) is 5.91 Å². The van der Waals surface area contributed by atoms with E-state index in [1.54, 1.807) is 55.6 Å². The van der Waals surface area contributed by atoms with Gasteiger partial charge in [-0.2, -0.15) is 23.3 Å². The number of anilines is 5. The highest BCUT2D eigenvalue weighted by atomic mass is 19.4. The Balaban J connectivity index is 1.38. The van der Waals surface area contributed by atoms with Crippen molar-refractivity contribution in [2.75, 3.05) is 27.5 Å². The third-order valence-electron chi connectivity index (χ3n) is 6.18. The van der Waals surface area contributed by atoms with Gasteiger partial charge in [-0.15, -0.1) is 0 Å². The van der Waals surface area contributed by atoms with Gasteiger partial charge >= 0.3 is 12.2 Å². The van der Waals surface area contributed by atoms with Crippen molar-refractivity contribution in [3.8, 4) is 0 Å². The Hall–Kier alpha value is -4.94. The van der Waals surface area contributed by atoms with Crippen LogP contribution >= 0.6 is 0 Å². The minimum atomic E-state index is -4.57. The summed E-state index contributed by atoms with van der Waals surface area (Å²) in [6.45, 7) is 1.99. The summed E-state index contributed by atoms with van der Waals surface area (Å²) in [6.07, 6.45) is 0.455. The molecule has 10 nitrogen and oxygen atoms in total. The molecule has 2 aromatic heterocycles. The van der Waals surface area contributed by atoms with Gasteiger partial charge in [0.1, 0.15) is 5.82 Å². The molecular formula is C26H23F3N8O2. The smallest absolute Gasteiger partial charge is 0.322 e. The van der Waals surface area contributed by atoms with Crippen molar-refractivity contribution >= 4 is 40.8 Å². The van der Waals surface area contributed by atoms with Gasteiger partial charge in [-0.25, -0.2) is 9.78 Å². The second-order valence-corrected chi connectivity index (χ2v) is 9.03. The fourth-order valence-electron chi connectivity index (χ4n) is 4.19. The standard InChI is InChI=1S/C26H23F3N8O2/c1-15-7-8-19(32-23(38)16-5-4-6-18(9-16)26(27,28)29)10-21(15)37-13-17-11-30-24(33-20-12-31-35(2)14-20)34-22(17)36(3)25(37)39/h4-12,14H,13H2,1-3H3,(H,32,38)(H,30,33,34). The molecule has 5 rings (SSSR count). The normalized spacial score (nSPS) is 13.3. The number of hydrogen-bond donors (Lipinski definition) is 2. The van der Waals surface area contributed by atoms with Crippen LogP contribution in [0.2, 0.25) is 0 Å². The second-order valence-electron chi connectivity index (χ2n) is 9.03. The van der Waals surface area contributed by atoms with Crippen LogP contribution in [0.4, 0.5) is 46.8 Å². The Morgan fingerprint density at radius 1 is 1.05 bits per heavy atom. The maximum atomic E-state index is 13.4. The number of rotatable bonds is 5. The van der Waals surface area contributed by atoms with E-state index in [2.05, 4.69) is 25.7 Å². The number of hydrogen-bond acceptors (Lipinski definition) is 6. The van der Waals surface area contributed by atoms with Crippen LogP contribution in [-0.2, 0) is 19.8 Å². The maximum Gasteiger partial charge on any atom is 0.416 e. The number of alkyl halides is 3. The van der Waals surface area contributed by atoms with Crippen molar-refractivity contribution < 1.29 is 22.8 Å². The first-order valence-corrected chi connectivity index (χ1v) is 11.8. The van der Waals surface area contributed by atoms with E-state index in [1.807, 2.05) is 6.92 Å². The summed E-state index contributed by atoms with van der Waals surface area (Å²) in [4.78, 5) is 37.9. The lowest BCUT2D eigenvalue weighted by molar-refractivity contribution is -0.137. The highest BCUT2D eigenvalue weighted by Gasteiger charge is 2.32. The summed E-state index contributed by atoms with van der Waals surface area (Å²) in [5.74, 6) is 0.0556. The van der Waals surface area contributed by atoms with Gasteiger partial charge in [-0.1, -0.05) is 12.1 Å². The molecule has 3 amide bonds. The van der Waals surface area contributed by atoms with Crippen molar-refractivity contribution in [3.63, 3.8) is 0 Å². The lowest BCUT2D eigenvalue weighted by atomic mass is 10.1. The van der Waals surface area contributed by atoms with Crippen LogP contribution in [0.15, 0.2) is 61.1 Å². The van der Waals surface area contributed by atoms with E-state index in [1.165, 1.54) is 21.9 Å². The van der Waals surface area contributed by atoms with E-state index in [4.69, 9.17) is 0 Å². The molecule has 0 spiro atoms. The predicted molar refractivity (Wildman–Crippen MR) is 139 cm³/mol. The van der Waals surface area contributed by atoms with E-state index in [0.717, 1.165) is 17.7 Å². The summed E-state index contributed by atoms with van der Waals surface area (Å²) in [5.41, 5.74) is 1.95. The molecule has 1 aliphatic rings. The molecule has 0 saturated carbocycles. The zero-order valence-electron chi connectivity index (χ0n) is 21.1. The first kappa shape index (κ1) is 25.7. The number of aryl methyl sites for hydroxylation is 2. The second kappa shape index (κ2) is 9.74. The molecule has 200 valence electrons. The van der Waals surface area contributed by atoms with E-state index >= 15 is 0 Å². The van der Waals surface area contributed by atoms with E-state index in [9.17, 15) is 22.8 Å². The number of halogens is 3. The summed E-state index contributed by atoms with van der Waals surface area (Å²) < 4.78 is 40.8. The Kier molecular flexibility index (Phi) is 6.42. The number of fused-ring (bicyclic) bond motifs is 1. The Bertz CT molecular complexity index is 1580. The molecule has 0 radical (unpaired) electrons. The molecule has 13 heteroatoms. The number of nitrogens with one attached hydrogen (secondary N) is 2. The quantitative estimate of drug-likeness (QED) is 0.367. The maximum absolute atomic E-state index is 13.4. The predicted octanol–water partition coefficient (Wildman–Crippen LogP) is 5.11. The molecule has 0 fully saturated rings. The third kappa shape index (κ3) is 5.23. The summed E-state index contributed by atoms with van der Waals surface area (Å²) >= 11 is 0. The molecule has 1 aliphatic heterocycles. The van der Waals surface area contributed by atoms with E-state index in [0.29, 0.717) is 34.4 Å². The van der Waals surface area contributed by atoms with Gasteiger partial charge in [0.2, 0.25) is 5.95 Å². The molecule has 0 atom stereocenters. The monoisotopic (exact) mass is 536 g/mol. The summed E-state index contributed by atoms with van der Waals surface area (Å²) in [7, 11) is 3.39. The molecule has 2 N–H and O–H groups in total. The fourth-order valence-corrected chi connectivity index (χ4v) is 4.19. The van der Waals surface area contributed by atoms with Gasteiger partial charge in [0, 0.05) is 43.3 Å². The van der Waals surface area contributed by atoms with Crippen molar-refractivity contribution in [1.82, 2.24) is 19.7 Å². The van der Waals surface area contributed by atoms with E-state index < -0.39 is 17.6 Å². The van der Waals surface area contributed by atoms with Gasteiger partial charge in [0.15, 0.2) is 0 Å². The van der Waals surface area contributed by atoms with Gasteiger partial charge in [-0.3, -0.25) is 19.3 Å². The Labute approximate surface area is 221 Å². The molecule has 39 heavy (non-hydrogen) atoms. The van der Waals surface area contributed by atoms with Crippen LogP contribution < -0.4 is 20.4 Å². The molecule has 0 saturated heterocycles. The number of amides is 3. The zero-order valence-corrected chi connectivity index (χ0v) is 21.1. The SMILES string of the molecule is Cc1ccc(NC(=O)c2cccc(C(F)(F)F)c2)cc1N1Cc2cnc(Nc3cnn(C)c3)nc2N(C)C1=O. The van der Waals surface area contributed by atoms with Crippen LogP contribution in [0.25, 0.3) is 0 Å². The molecule has 0 unspecified atom stereocenters. The Morgan fingerprint density at radius 3 is 2.56 bits per heavy atom. The zero-order chi connectivity index (χ0) is 27.9. The lowest BCUT2D eigenvalue weighted by Gasteiger charge is -2.35. The van der Waals surface area contributed by atoms with Gasteiger partial charge in [0.05, 0.1) is 29.7 Å². The average Bonchev–Trinajstić information content (AvgIpc) is 3.31. The molecule has 2 aromatic carbocycles. The van der Waals surface area contributed by atoms with Crippen molar-refractivity contribution in [2.45, 2.75) is 19.6 Å². The van der Waals surface area contributed by atoms with Gasteiger partial charge in [-0.05, 0) is 42.8 Å².